The number of fused-ring (bicyclic) bond motifs is 1. The first kappa shape index (κ1) is 29.1. The van der Waals surface area contributed by atoms with Crippen molar-refractivity contribution in [3.05, 3.63) is 147 Å². The summed E-state index contributed by atoms with van der Waals surface area (Å²) in [7, 11) is 0. The Morgan fingerprint density at radius 2 is 1.79 bits per heavy atom. The lowest BCUT2D eigenvalue weighted by Crippen LogP contribution is -2.39. The van der Waals surface area contributed by atoms with Crippen LogP contribution in [-0.2, 0) is 16.1 Å². The van der Waals surface area contributed by atoms with E-state index in [0.29, 0.717) is 36.4 Å². The van der Waals surface area contributed by atoms with Crippen LogP contribution in [0.5, 0.6) is 5.75 Å². The summed E-state index contributed by atoms with van der Waals surface area (Å²) in [6, 6.07) is 25.5. The van der Waals surface area contributed by atoms with E-state index in [2.05, 4.69) is 0 Å². The molecule has 5 aromatic rings. The highest BCUT2D eigenvalue weighted by Crippen LogP contribution is 2.37. The van der Waals surface area contributed by atoms with Crippen molar-refractivity contribution >= 4 is 63.6 Å². The third-order valence-corrected chi connectivity index (χ3v) is 9.42. The summed E-state index contributed by atoms with van der Waals surface area (Å²) < 4.78 is 13.7. The van der Waals surface area contributed by atoms with Crippen LogP contribution in [0.2, 0.25) is 10.0 Å². The number of hydrogen-bond donors (Lipinski definition) is 0. The Morgan fingerprint density at radius 3 is 2.53 bits per heavy atom. The van der Waals surface area contributed by atoms with Crippen LogP contribution in [0, 0.1) is 0 Å². The van der Waals surface area contributed by atoms with Gasteiger partial charge in [-0.05, 0) is 48.2 Å². The molecule has 1 aliphatic heterocycles. The van der Waals surface area contributed by atoms with E-state index in [1.807, 2.05) is 78.2 Å². The number of carbonyl (C=O) groups excluding carboxylic acids is 1. The van der Waals surface area contributed by atoms with Crippen LogP contribution in [0.1, 0.15) is 34.5 Å². The van der Waals surface area contributed by atoms with E-state index in [4.69, 9.17) is 37.7 Å². The zero-order valence-corrected chi connectivity index (χ0v) is 26.0. The number of hydrogen-bond acceptors (Lipinski definition) is 7. The smallest absolute Gasteiger partial charge is 0.338 e. The molecule has 6 nitrogen and oxygen atoms in total. The second kappa shape index (κ2) is 12.7. The predicted octanol–water partition coefficient (Wildman–Crippen LogP) is 6.88. The molecule has 2 aromatic heterocycles. The van der Waals surface area contributed by atoms with Crippen LogP contribution < -0.4 is 19.6 Å². The lowest BCUT2D eigenvalue weighted by atomic mass is 9.97. The summed E-state index contributed by atoms with van der Waals surface area (Å²) in [6.07, 6.45) is 1.80. The molecule has 0 unspecified atom stereocenters. The molecule has 0 saturated carbocycles. The summed E-state index contributed by atoms with van der Waals surface area (Å²) in [6.45, 7) is 2.23. The van der Waals surface area contributed by atoms with Crippen molar-refractivity contribution in [2.24, 2.45) is 4.99 Å². The molecule has 3 aromatic carbocycles. The van der Waals surface area contributed by atoms with Crippen molar-refractivity contribution in [2.45, 2.75) is 19.6 Å². The van der Waals surface area contributed by atoms with Crippen LogP contribution in [0.4, 0.5) is 0 Å². The van der Waals surface area contributed by atoms with E-state index in [1.165, 1.54) is 22.7 Å². The lowest BCUT2D eigenvalue weighted by molar-refractivity contribution is -0.138. The van der Waals surface area contributed by atoms with Crippen LogP contribution in [0.15, 0.2) is 106 Å². The Hall–Kier alpha value is -3.95. The number of ether oxygens (including phenoxy) is 2. The maximum Gasteiger partial charge on any atom is 0.338 e. The quantitative estimate of drug-likeness (QED) is 0.172. The molecular formula is C33H24Cl2N2O4S2. The molecule has 10 heteroatoms. The molecule has 0 amide bonds. The van der Waals surface area contributed by atoms with Gasteiger partial charge in [0.1, 0.15) is 18.4 Å². The minimum atomic E-state index is -0.686. The molecule has 6 rings (SSSR count). The van der Waals surface area contributed by atoms with Gasteiger partial charge >= 0.3 is 5.97 Å². The van der Waals surface area contributed by atoms with Crippen molar-refractivity contribution in [1.29, 1.82) is 0 Å². The Kier molecular flexibility index (Phi) is 8.63. The monoisotopic (exact) mass is 646 g/mol. The molecule has 0 fully saturated rings. The van der Waals surface area contributed by atoms with Crippen LogP contribution in [0.3, 0.4) is 0 Å². The number of carbonyl (C=O) groups is 1. The van der Waals surface area contributed by atoms with Gasteiger partial charge in [-0.25, -0.2) is 9.79 Å². The van der Waals surface area contributed by atoms with Crippen molar-refractivity contribution < 1.29 is 14.3 Å². The first-order valence-electron chi connectivity index (χ1n) is 13.4. The predicted molar refractivity (Wildman–Crippen MR) is 173 cm³/mol. The first-order chi connectivity index (χ1) is 20.9. The molecule has 0 radical (unpaired) electrons. The van der Waals surface area contributed by atoms with Gasteiger partial charge in [0.25, 0.3) is 5.56 Å². The highest BCUT2D eigenvalue weighted by Gasteiger charge is 2.35. The van der Waals surface area contributed by atoms with Crippen molar-refractivity contribution in [3.8, 4) is 5.75 Å². The van der Waals surface area contributed by atoms with Gasteiger partial charge in [-0.3, -0.25) is 9.36 Å². The van der Waals surface area contributed by atoms with Gasteiger partial charge in [-0.2, -0.15) is 0 Å². The molecule has 1 aliphatic rings. The van der Waals surface area contributed by atoms with Gasteiger partial charge in [0, 0.05) is 16.0 Å². The summed E-state index contributed by atoms with van der Waals surface area (Å²) in [5.74, 6) is 0.102. The number of thiazole rings is 1. The first-order valence-corrected chi connectivity index (χ1v) is 15.9. The number of para-hydroxylation sites is 1. The van der Waals surface area contributed by atoms with E-state index in [0.717, 1.165) is 21.6 Å². The third kappa shape index (κ3) is 5.96. The standard InChI is InChI=1S/C33H24Cl2N2O4S2/c1-2-40-32(39)28-29(21-9-4-3-5-10-21)36-33-37(30(28)26-13-8-16-42-26)31(38)27(43-33)18-22-11-6-7-12-25(22)41-19-20-14-15-23(34)24(35)17-20/h3-18,30H,2,19H2,1H3/b27-18-/t30-/m0/s1. The van der Waals surface area contributed by atoms with Crippen LogP contribution >= 0.6 is 45.9 Å². The highest BCUT2D eigenvalue weighted by molar-refractivity contribution is 7.10. The zero-order chi connectivity index (χ0) is 29.9. The fourth-order valence-electron chi connectivity index (χ4n) is 4.82. The zero-order valence-electron chi connectivity index (χ0n) is 22.8. The number of nitrogens with zero attached hydrogens (tertiary/aromatic N) is 2. The van der Waals surface area contributed by atoms with Gasteiger partial charge in [0.05, 0.1) is 32.5 Å². The van der Waals surface area contributed by atoms with Crippen molar-refractivity contribution in [1.82, 2.24) is 4.57 Å². The van der Waals surface area contributed by atoms with Crippen molar-refractivity contribution in [3.63, 3.8) is 0 Å². The summed E-state index contributed by atoms with van der Waals surface area (Å²) in [4.78, 5) is 33.8. The highest BCUT2D eigenvalue weighted by atomic mass is 35.5. The van der Waals surface area contributed by atoms with Crippen LogP contribution in [-0.4, -0.2) is 17.1 Å². The van der Waals surface area contributed by atoms with Gasteiger partial charge in [-0.15, -0.1) is 11.3 Å². The summed E-state index contributed by atoms with van der Waals surface area (Å²) in [5, 5.41) is 2.86. The Labute approximate surface area is 265 Å². The average molecular weight is 648 g/mol. The normalized spacial score (nSPS) is 14.8. The number of esters is 1. The van der Waals surface area contributed by atoms with Gasteiger partial charge < -0.3 is 9.47 Å². The van der Waals surface area contributed by atoms with Gasteiger partial charge in [0.2, 0.25) is 0 Å². The third-order valence-electron chi connectivity index (χ3n) is 6.77. The molecule has 1 atom stereocenters. The Bertz CT molecular complexity index is 2020. The maximum absolute atomic E-state index is 14.1. The second-order valence-electron chi connectivity index (χ2n) is 9.52. The second-order valence-corrected chi connectivity index (χ2v) is 12.3. The summed E-state index contributed by atoms with van der Waals surface area (Å²) >= 11 is 15.0. The molecule has 0 bridgehead atoms. The molecule has 0 saturated heterocycles. The van der Waals surface area contributed by atoms with E-state index in [1.54, 1.807) is 29.7 Å². The summed E-state index contributed by atoms with van der Waals surface area (Å²) in [5.41, 5.74) is 2.93. The minimum absolute atomic E-state index is 0.199. The Balaban J connectivity index is 1.48. The molecule has 0 aliphatic carbocycles. The minimum Gasteiger partial charge on any atom is -0.488 e. The average Bonchev–Trinajstić information content (AvgIpc) is 3.66. The molecule has 0 N–H and O–H groups in total. The molecular weight excluding hydrogens is 623 g/mol. The Morgan fingerprint density at radius 1 is 1.00 bits per heavy atom. The van der Waals surface area contributed by atoms with E-state index < -0.39 is 12.0 Å². The van der Waals surface area contributed by atoms with Crippen LogP contribution in [0.25, 0.3) is 11.8 Å². The number of thiophene rings is 1. The topological polar surface area (TPSA) is 69.9 Å². The molecule has 3 heterocycles. The number of rotatable bonds is 8. The van der Waals surface area contributed by atoms with Crippen molar-refractivity contribution in [2.75, 3.05) is 6.61 Å². The molecule has 0 spiro atoms. The van der Waals surface area contributed by atoms with E-state index in [9.17, 15) is 9.59 Å². The number of halogens is 2. The fourth-order valence-corrected chi connectivity index (χ4v) is 6.96. The number of aromatic nitrogens is 1. The SMILES string of the molecule is CCOC(=O)C1=C(c2ccccc2)N=c2s/c(=C\c3ccccc3OCc3ccc(Cl)c(Cl)c3)c(=O)n2[C@H]1c1cccs1. The molecule has 43 heavy (non-hydrogen) atoms. The molecule has 216 valence electrons. The van der Waals surface area contributed by atoms with E-state index >= 15 is 0 Å². The van der Waals surface area contributed by atoms with Gasteiger partial charge in [0.15, 0.2) is 4.80 Å². The maximum atomic E-state index is 14.1. The lowest BCUT2D eigenvalue weighted by Gasteiger charge is -2.24. The largest absolute Gasteiger partial charge is 0.488 e. The number of benzene rings is 3. The van der Waals surface area contributed by atoms with E-state index in [-0.39, 0.29) is 18.8 Å². The van der Waals surface area contributed by atoms with Gasteiger partial charge in [-0.1, -0.05) is 95.2 Å². The fraction of sp³-hybridized carbons (Fsp3) is 0.121.